The van der Waals surface area contributed by atoms with Gasteiger partial charge in [-0.2, -0.15) is 0 Å². The van der Waals surface area contributed by atoms with E-state index in [1.165, 1.54) is 5.56 Å². The number of ether oxygens (including phenoxy) is 2. The Labute approximate surface area is 140 Å². The minimum absolute atomic E-state index is 0.544. The van der Waals surface area contributed by atoms with E-state index >= 15 is 0 Å². The molecule has 0 atom stereocenters. The van der Waals surface area contributed by atoms with Gasteiger partial charge in [0, 0.05) is 26.8 Å². The topological polar surface area (TPSA) is 54.9 Å². The Kier molecular flexibility index (Phi) is 9.87. The molecular weight excluding hydrogens is 290 g/mol. The van der Waals surface area contributed by atoms with E-state index in [2.05, 4.69) is 41.6 Å². The van der Waals surface area contributed by atoms with Crippen molar-refractivity contribution in [3.8, 4) is 5.75 Å². The molecule has 0 aliphatic rings. The standard InChI is InChI=1S/C18H31N3O2/c1-5-22-13-6-11-20-18(19-4)21-12-14-23-17-9-7-16(8-10-17)15(2)3/h7-10,15H,5-6,11-14H2,1-4H3,(H2,19,20,21). The minimum atomic E-state index is 0.544. The van der Waals surface area contributed by atoms with Gasteiger partial charge in [-0.3, -0.25) is 4.99 Å². The molecule has 1 rings (SSSR count). The highest BCUT2D eigenvalue weighted by Gasteiger charge is 2.00. The summed E-state index contributed by atoms with van der Waals surface area (Å²) in [6.45, 7) is 10.1. The molecular formula is C18H31N3O2. The van der Waals surface area contributed by atoms with E-state index < -0.39 is 0 Å². The van der Waals surface area contributed by atoms with Crippen LogP contribution in [-0.2, 0) is 4.74 Å². The molecule has 0 heterocycles. The zero-order valence-electron chi connectivity index (χ0n) is 14.9. The summed E-state index contributed by atoms with van der Waals surface area (Å²) in [5, 5.41) is 6.48. The Morgan fingerprint density at radius 2 is 1.78 bits per heavy atom. The molecule has 0 aliphatic carbocycles. The minimum Gasteiger partial charge on any atom is -0.492 e. The molecule has 1 aromatic rings. The summed E-state index contributed by atoms with van der Waals surface area (Å²) < 4.78 is 11.0. The summed E-state index contributed by atoms with van der Waals surface area (Å²) in [5.74, 6) is 2.24. The first kappa shape index (κ1) is 19.3. The predicted octanol–water partition coefficient (Wildman–Crippen LogP) is 2.78. The first-order chi connectivity index (χ1) is 11.2. The molecule has 0 aromatic heterocycles. The molecule has 0 saturated carbocycles. The molecule has 5 heteroatoms. The number of nitrogens with one attached hydrogen (secondary N) is 2. The maximum Gasteiger partial charge on any atom is 0.191 e. The van der Waals surface area contributed by atoms with Gasteiger partial charge in [0.25, 0.3) is 0 Å². The van der Waals surface area contributed by atoms with Crippen molar-refractivity contribution in [1.82, 2.24) is 10.6 Å². The van der Waals surface area contributed by atoms with Gasteiger partial charge in [0.2, 0.25) is 0 Å². The predicted molar refractivity (Wildman–Crippen MR) is 96.5 cm³/mol. The Hall–Kier alpha value is -1.75. The van der Waals surface area contributed by atoms with Crippen LogP contribution in [0.1, 0.15) is 38.7 Å². The van der Waals surface area contributed by atoms with Crippen molar-refractivity contribution in [2.24, 2.45) is 4.99 Å². The van der Waals surface area contributed by atoms with Gasteiger partial charge in [-0.15, -0.1) is 0 Å². The number of benzene rings is 1. The average molecular weight is 321 g/mol. The second kappa shape index (κ2) is 11.8. The van der Waals surface area contributed by atoms with Crippen molar-refractivity contribution in [3.63, 3.8) is 0 Å². The van der Waals surface area contributed by atoms with Gasteiger partial charge < -0.3 is 20.1 Å². The maximum absolute atomic E-state index is 5.73. The number of hydrogen-bond acceptors (Lipinski definition) is 3. The molecule has 2 N–H and O–H groups in total. The fourth-order valence-electron chi connectivity index (χ4n) is 2.03. The van der Waals surface area contributed by atoms with Gasteiger partial charge in [0.1, 0.15) is 12.4 Å². The summed E-state index contributed by atoms with van der Waals surface area (Å²) in [7, 11) is 1.77. The molecule has 0 spiro atoms. The zero-order valence-corrected chi connectivity index (χ0v) is 14.9. The van der Waals surface area contributed by atoms with Crippen LogP contribution in [0.3, 0.4) is 0 Å². The zero-order chi connectivity index (χ0) is 16.9. The lowest BCUT2D eigenvalue weighted by molar-refractivity contribution is 0.145. The fraction of sp³-hybridized carbons (Fsp3) is 0.611. The van der Waals surface area contributed by atoms with Crippen molar-refractivity contribution in [3.05, 3.63) is 29.8 Å². The number of hydrogen-bond donors (Lipinski definition) is 2. The third kappa shape index (κ3) is 8.45. The highest BCUT2D eigenvalue weighted by atomic mass is 16.5. The Morgan fingerprint density at radius 3 is 2.39 bits per heavy atom. The van der Waals surface area contributed by atoms with Crippen molar-refractivity contribution >= 4 is 5.96 Å². The molecule has 0 saturated heterocycles. The Balaban J connectivity index is 2.17. The number of aliphatic imine (C=N–C) groups is 1. The summed E-state index contributed by atoms with van der Waals surface area (Å²) in [5.41, 5.74) is 1.33. The van der Waals surface area contributed by atoms with Crippen LogP contribution in [0.15, 0.2) is 29.3 Å². The van der Waals surface area contributed by atoms with Gasteiger partial charge in [-0.25, -0.2) is 0 Å². The third-order valence-corrected chi connectivity index (χ3v) is 3.40. The van der Waals surface area contributed by atoms with Gasteiger partial charge in [-0.1, -0.05) is 26.0 Å². The largest absolute Gasteiger partial charge is 0.492 e. The SMILES string of the molecule is CCOCCCNC(=NC)NCCOc1ccc(C(C)C)cc1. The molecule has 130 valence electrons. The molecule has 0 radical (unpaired) electrons. The Morgan fingerprint density at radius 1 is 1.09 bits per heavy atom. The quantitative estimate of drug-likeness (QED) is 0.395. The molecule has 0 aliphatic heterocycles. The van der Waals surface area contributed by atoms with E-state index in [0.29, 0.717) is 19.1 Å². The number of guanidine groups is 1. The lowest BCUT2D eigenvalue weighted by Gasteiger charge is -2.13. The van der Waals surface area contributed by atoms with Crippen LogP contribution in [0.5, 0.6) is 5.75 Å². The van der Waals surface area contributed by atoms with E-state index in [1.807, 2.05) is 19.1 Å². The van der Waals surface area contributed by atoms with Crippen molar-refractivity contribution in [1.29, 1.82) is 0 Å². The molecule has 1 aromatic carbocycles. The van der Waals surface area contributed by atoms with E-state index in [-0.39, 0.29) is 0 Å². The maximum atomic E-state index is 5.73. The van der Waals surface area contributed by atoms with Crippen LogP contribution in [0.2, 0.25) is 0 Å². The van der Waals surface area contributed by atoms with Crippen molar-refractivity contribution in [2.45, 2.75) is 33.1 Å². The van der Waals surface area contributed by atoms with Crippen LogP contribution in [0.4, 0.5) is 0 Å². The summed E-state index contributed by atoms with van der Waals surface area (Å²) in [4.78, 5) is 4.18. The monoisotopic (exact) mass is 321 g/mol. The van der Waals surface area contributed by atoms with Crippen LogP contribution in [0.25, 0.3) is 0 Å². The molecule has 0 amide bonds. The lowest BCUT2D eigenvalue weighted by atomic mass is 10.0. The molecule has 0 fully saturated rings. The van der Waals surface area contributed by atoms with E-state index in [0.717, 1.165) is 37.9 Å². The van der Waals surface area contributed by atoms with Crippen molar-refractivity contribution < 1.29 is 9.47 Å². The third-order valence-electron chi connectivity index (χ3n) is 3.40. The number of rotatable bonds is 10. The lowest BCUT2D eigenvalue weighted by Crippen LogP contribution is -2.39. The van der Waals surface area contributed by atoms with Crippen LogP contribution >= 0.6 is 0 Å². The van der Waals surface area contributed by atoms with E-state index in [9.17, 15) is 0 Å². The van der Waals surface area contributed by atoms with E-state index in [4.69, 9.17) is 9.47 Å². The van der Waals surface area contributed by atoms with Gasteiger partial charge in [-0.05, 0) is 37.0 Å². The average Bonchev–Trinajstić information content (AvgIpc) is 2.57. The van der Waals surface area contributed by atoms with Crippen LogP contribution < -0.4 is 15.4 Å². The highest BCUT2D eigenvalue weighted by Crippen LogP contribution is 2.18. The second-order valence-electron chi connectivity index (χ2n) is 5.55. The second-order valence-corrected chi connectivity index (χ2v) is 5.55. The van der Waals surface area contributed by atoms with Gasteiger partial charge >= 0.3 is 0 Å². The summed E-state index contributed by atoms with van der Waals surface area (Å²) >= 11 is 0. The smallest absolute Gasteiger partial charge is 0.191 e. The molecule has 0 bridgehead atoms. The van der Waals surface area contributed by atoms with Crippen LogP contribution in [-0.4, -0.2) is 45.9 Å². The molecule has 23 heavy (non-hydrogen) atoms. The summed E-state index contributed by atoms with van der Waals surface area (Å²) in [6, 6.07) is 8.28. The Bertz CT molecular complexity index is 444. The fourth-order valence-corrected chi connectivity index (χ4v) is 2.03. The molecule has 5 nitrogen and oxygen atoms in total. The number of nitrogens with zero attached hydrogens (tertiary/aromatic N) is 1. The van der Waals surface area contributed by atoms with Gasteiger partial charge in [0.15, 0.2) is 5.96 Å². The van der Waals surface area contributed by atoms with Gasteiger partial charge in [0.05, 0.1) is 6.54 Å². The summed E-state index contributed by atoms with van der Waals surface area (Å²) in [6.07, 6.45) is 0.966. The first-order valence-corrected chi connectivity index (χ1v) is 8.42. The normalized spacial score (nSPS) is 11.6. The first-order valence-electron chi connectivity index (χ1n) is 8.42. The van der Waals surface area contributed by atoms with Crippen molar-refractivity contribution in [2.75, 3.05) is 40.0 Å². The van der Waals surface area contributed by atoms with E-state index in [1.54, 1.807) is 7.05 Å². The van der Waals surface area contributed by atoms with Crippen LogP contribution in [0, 0.1) is 0 Å². The molecule has 0 unspecified atom stereocenters. The highest BCUT2D eigenvalue weighted by molar-refractivity contribution is 5.79.